The van der Waals surface area contributed by atoms with Gasteiger partial charge >= 0.3 is 0 Å². The molecule has 3 aromatic heterocycles. The smallest absolute Gasteiger partial charge is 0.266 e. The highest BCUT2D eigenvalue weighted by Crippen LogP contribution is 2.18. The van der Waals surface area contributed by atoms with Crippen molar-refractivity contribution in [1.82, 2.24) is 29.0 Å². The van der Waals surface area contributed by atoms with Crippen LogP contribution in [0.15, 0.2) is 23.1 Å². The summed E-state index contributed by atoms with van der Waals surface area (Å²) in [5.41, 5.74) is 5.10. The van der Waals surface area contributed by atoms with Gasteiger partial charge in [-0.3, -0.25) is 14.1 Å². The Bertz CT molecular complexity index is 987. The van der Waals surface area contributed by atoms with E-state index in [1.807, 2.05) is 11.3 Å². The van der Waals surface area contributed by atoms with Crippen molar-refractivity contribution in [3.63, 3.8) is 0 Å². The maximum Gasteiger partial charge on any atom is 0.266 e. The van der Waals surface area contributed by atoms with Crippen LogP contribution in [0.4, 0.5) is 0 Å². The number of rotatable bonds is 2. The van der Waals surface area contributed by atoms with Gasteiger partial charge in [-0.2, -0.15) is 5.10 Å². The second-order valence-electron chi connectivity index (χ2n) is 6.48. The second kappa shape index (κ2) is 5.52. The van der Waals surface area contributed by atoms with Gasteiger partial charge in [-0.15, -0.1) is 0 Å². The topological polar surface area (TPSA) is 68.3 Å². The van der Waals surface area contributed by atoms with Gasteiger partial charge in [0.1, 0.15) is 0 Å². The molecule has 1 aliphatic rings. The van der Waals surface area contributed by atoms with E-state index in [-0.39, 0.29) is 5.56 Å². The molecule has 0 N–H and O–H groups in total. The molecular weight excluding hydrogens is 304 g/mol. The Hall–Kier alpha value is -2.54. The minimum absolute atomic E-state index is 0.0568. The molecule has 1 aliphatic heterocycles. The van der Waals surface area contributed by atoms with E-state index in [1.54, 1.807) is 13.1 Å². The third-order valence-electron chi connectivity index (χ3n) is 4.51. The highest BCUT2D eigenvalue weighted by Gasteiger charge is 2.20. The molecule has 0 fully saturated rings. The predicted octanol–water partition coefficient (Wildman–Crippen LogP) is 0.998. The quantitative estimate of drug-likeness (QED) is 0.703. The lowest BCUT2D eigenvalue weighted by molar-refractivity contribution is 0.239. The van der Waals surface area contributed by atoms with E-state index in [2.05, 4.69) is 39.2 Å². The lowest BCUT2D eigenvalue weighted by atomic mass is 10.1. The molecule has 4 rings (SSSR count). The van der Waals surface area contributed by atoms with Gasteiger partial charge in [0.2, 0.25) is 5.78 Å². The van der Waals surface area contributed by atoms with Crippen LogP contribution in [0.3, 0.4) is 0 Å². The third-order valence-corrected chi connectivity index (χ3v) is 4.51. The first-order chi connectivity index (χ1) is 11.5. The Kier molecular flexibility index (Phi) is 3.45. The summed E-state index contributed by atoms with van der Waals surface area (Å²) in [7, 11) is 1.70. The van der Waals surface area contributed by atoms with E-state index in [4.69, 9.17) is 0 Å². The van der Waals surface area contributed by atoms with Gasteiger partial charge in [0.05, 0.1) is 11.4 Å². The molecule has 124 valence electrons. The molecule has 0 spiro atoms. The molecule has 7 heteroatoms. The van der Waals surface area contributed by atoms with Crippen LogP contribution in [0.5, 0.6) is 0 Å². The average molecular weight is 324 g/mol. The number of fused-ring (bicyclic) bond motifs is 2. The van der Waals surface area contributed by atoms with E-state index < -0.39 is 0 Å². The van der Waals surface area contributed by atoms with Gasteiger partial charge in [0.15, 0.2) is 0 Å². The zero-order chi connectivity index (χ0) is 16.8. The summed E-state index contributed by atoms with van der Waals surface area (Å²) in [6.45, 7) is 6.44. The molecule has 7 nitrogen and oxygen atoms in total. The van der Waals surface area contributed by atoms with Crippen molar-refractivity contribution in [2.75, 3.05) is 6.54 Å². The minimum atomic E-state index is -0.0568. The second-order valence-corrected chi connectivity index (χ2v) is 6.48. The summed E-state index contributed by atoms with van der Waals surface area (Å²) < 4.78 is 3.44. The molecule has 0 saturated heterocycles. The zero-order valence-electron chi connectivity index (χ0n) is 14.2. The van der Waals surface area contributed by atoms with Crippen LogP contribution < -0.4 is 5.56 Å². The highest BCUT2D eigenvalue weighted by atomic mass is 16.1. The maximum atomic E-state index is 11.8. The minimum Gasteiger partial charge on any atom is -0.293 e. The van der Waals surface area contributed by atoms with Gasteiger partial charge in [-0.1, -0.05) is 0 Å². The molecule has 0 atom stereocenters. The monoisotopic (exact) mass is 324 g/mol. The summed E-state index contributed by atoms with van der Waals surface area (Å²) in [6, 6.07) is 3.75. The summed E-state index contributed by atoms with van der Waals surface area (Å²) in [6.07, 6.45) is 2.90. The van der Waals surface area contributed by atoms with Crippen LogP contribution in [-0.2, 0) is 26.6 Å². The zero-order valence-corrected chi connectivity index (χ0v) is 14.2. The molecule has 0 unspecified atom stereocenters. The molecule has 0 saturated carbocycles. The summed E-state index contributed by atoms with van der Waals surface area (Å²) in [4.78, 5) is 23.2. The molecule has 0 amide bonds. The van der Waals surface area contributed by atoms with Crippen molar-refractivity contribution < 1.29 is 0 Å². The predicted molar refractivity (Wildman–Crippen MR) is 89.8 cm³/mol. The van der Waals surface area contributed by atoms with Crippen molar-refractivity contribution in [2.45, 2.75) is 33.4 Å². The lowest BCUT2D eigenvalue weighted by Crippen LogP contribution is -2.34. The van der Waals surface area contributed by atoms with E-state index in [9.17, 15) is 4.79 Å². The normalized spacial score (nSPS) is 15.0. The van der Waals surface area contributed by atoms with E-state index in [1.165, 1.54) is 4.68 Å². The number of hydrogen-bond donors (Lipinski definition) is 0. The molecule has 0 aliphatic carbocycles. The van der Waals surface area contributed by atoms with Crippen LogP contribution in [0.1, 0.15) is 28.3 Å². The fourth-order valence-electron chi connectivity index (χ4n) is 3.31. The van der Waals surface area contributed by atoms with Crippen molar-refractivity contribution in [3.05, 3.63) is 57.0 Å². The highest BCUT2D eigenvalue weighted by molar-refractivity contribution is 5.34. The average Bonchev–Trinajstić information content (AvgIpc) is 2.91. The van der Waals surface area contributed by atoms with Crippen molar-refractivity contribution in [3.8, 4) is 0 Å². The first-order valence-corrected chi connectivity index (χ1v) is 8.10. The van der Waals surface area contributed by atoms with Crippen molar-refractivity contribution in [2.24, 2.45) is 7.05 Å². The molecule has 0 radical (unpaired) electrons. The van der Waals surface area contributed by atoms with Crippen LogP contribution in [0.2, 0.25) is 0 Å². The largest absolute Gasteiger partial charge is 0.293 e. The number of nitrogens with zero attached hydrogens (tertiary/aromatic N) is 6. The SMILES string of the molecule is Cc1cc(C)n2cc(CN3CCc4nn(C)c(=O)cc4C3)nc2n1. The third kappa shape index (κ3) is 2.60. The van der Waals surface area contributed by atoms with Crippen LogP contribution in [-0.4, -0.2) is 35.6 Å². The molecule has 3 aromatic rings. The molecule has 0 bridgehead atoms. The molecule has 24 heavy (non-hydrogen) atoms. The van der Waals surface area contributed by atoms with Gasteiger partial charge < -0.3 is 0 Å². The fraction of sp³-hybridized carbons (Fsp3) is 0.412. The number of aryl methyl sites for hydroxylation is 3. The molecule has 4 heterocycles. The van der Waals surface area contributed by atoms with Crippen LogP contribution in [0.25, 0.3) is 5.78 Å². The van der Waals surface area contributed by atoms with Gasteiger partial charge in [0.25, 0.3) is 5.56 Å². The number of hydrogen-bond acceptors (Lipinski definition) is 5. The lowest BCUT2D eigenvalue weighted by Gasteiger charge is -2.27. The summed E-state index contributed by atoms with van der Waals surface area (Å²) >= 11 is 0. The van der Waals surface area contributed by atoms with E-state index >= 15 is 0 Å². The first-order valence-electron chi connectivity index (χ1n) is 8.10. The molecular formula is C17H20N6O. The van der Waals surface area contributed by atoms with Crippen LogP contribution in [0, 0.1) is 13.8 Å². The van der Waals surface area contributed by atoms with E-state index in [0.717, 1.165) is 60.2 Å². The van der Waals surface area contributed by atoms with Crippen molar-refractivity contribution >= 4 is 5.78 Å². The first kappa shape index (κ1) is 15.0. The summed E-state index contributed by atoms with van der Waals surface area (Å²) in [5.74, 6) is 0.746. The Morgan fingerprint density at radius 3 is 2.88 bits per heavy atom. The Balaban J connectivity index is 1.59. The fourth-order valence-corrected chi connectivity index (χ4v) is 3.31. The van der Waals surface area contributed by atoms with E-state index in [0.29, 0.717) is 0 Å². The van der Waals surface area contributed by atoms with Gasteiger partial charge in [-0.05, 0) is 25.5 Å². The van der Waals surface area contributed by atoms with Gasteiger partial charge in [-0.25, -0.2) is 14.6 Å². The van der Waals surface area contributed by atoms with Gasteiger partial charge in [0, 0.05) is 56.8 Å². The van der Waals surface area contributed by atoms with Crippen molar-refractivity contribution in [1.29, 1.82) is 0 Å². The number of aromatic nitrogens is 5. The Morgan fingerprint density at radius 2 is 2.04 bits per heavy atom. The van der Waals surface area contributed by atoms with Crippen LogP contribution >= 0.6 is 0 Å². The Morgan fingerprint density at radius 1 is 1.21 bits per heavy atom. The Labute approximate surface area is 139 Å². The summed E-state index contributed by atoms with van der Waals surface area (Å²) in [5, 5.41) is 4.36. The standard InChI is InChI=1S/C17H20N6O/c1-11-6-12(2)23-10-14(19-17(23)18-11)9-22-5-4-15-13(8-22)7-16(24)21(3)20-15/h6-7,10H,4-5,8-9H2,1-3H3. The number of imidazole rings is 1. The molecule has 0 aromatic carbocycles. The maximum absolute atomic E-state index is 11.8.